The Hall–Kier alpha value is -2.17. The topological polar surface area (TPSA) is 87.9 Å². The van der Waals surface area contributed by atoms with Gasteiger partial charge in [-0.3, -0.25) is 14.5 Å². The van der Waals surface area contributed by atoms with Crippen molar-refractivity contribution < 1.29 is 27.5 Å². The normalized spacial score (nSPS) is 20.8. The van der Waals surface area contributed by atoms with Gasteiger partial charge in [0.2, 0.25) is 5.91 Å². The molecule has 1 saturated heterocycles. The number of nitrogens with one attached hydrogen (secondary N) is 1. The Morgan fingerprint density at radius 2 is 2.03 bits per heavy atom. The molecule has 0 unspecified atom stereocenters. The molecule has 170 valence electrons. The Labute approximate surface area is 178 Å². The Bertz CT molecular complexity index is 840. The van der Waals surface area contributed by atoms with Gasteiger partial charge in [0.25, 0.3) is 5.91 Å². The van der Waals surface area contributed by atoms with Crippen LogP contribution in [0.3, 0.4) is 0 Å². The molecule has 0 bridgehead atoms. The molecule has 7 nitrogen and oxygen atoms in total. The SMILES string of the molecule is NC[C@@H](C(=O)Nc1ccc(N2CCOCC2=O)c(C(F)(F)F)c1)N(CC1CC1)C1CC1. The van der Waals surface area contributed by atoms with Crippen LogP contribution in [0.15, 0.2) is 18.2 Å². The number of benzene rings is 1. The first-order valence-corrected chi connectivity index (χ1v) is 10.6. The van der Waals surface area contributed by atoms with E-state index in [1.165, 1.54) is 12.1 Å². The summed E-state index contributed by atoms with van der Waals surface area (Å²) >= 11 is 0. The van der Waals surface area contributed by atoms with Crippen molar-refractivity contribution in [2.75, 3.05) is 43.1 Å². The summed E-state index contributed by atoms with van der Waals surface area (Å²) in [5.41, 5.74) is 4.71. The molecule has 3 fully saturated rings. The highest BCUT2D eigenvalue weighted by molar-refractivity contribution is 5.98. The number of rotatable bonds is 8. The lowest BCUT2D eigenvalue weighted by molar-refractivity contribution is -0.137. The van der Waals surface area contributed by atoms with Gasteiger partial charge >= 0.3 is 6.18 Å². The zero-order valence-electron chi connectivity index (χ0n) is 17.2. The average molecular weight is 440 g/mol. The van der Waals surface area contributed by atoms with Crippen molar-refractivity contribution in [3.63, 3.8) is 0 Å². The molecule has 0 radical (unpaired) electrons. The van der Waals surface area contributed by atoms with Crippen LogP contribution < -0.4 is 16.0 Å². The van der Waals surface area contributed by atoms with Gasteiger partial charge < -0.3 is 20.7 Å². The minimum atomic E-state index is -4.69. The van der Waals surface area contributed by atoms with Gasteiger partial charge in [0, 0.05) is 31.4 Å². The number of carbonyl (C=O) groups excluding carboxylic acids is 2. The minimum absolute atomic E-state index is 0.0300. The van der Waals surface area contributed by atoms with E-state index < -0.39 is 29.6 Å². The van der Waals surface area contributed by atoms with Crippen molar-refractivity contribution in [1.82, 2.24) is 4.90 Å². The standard InChI is InChI=1S/C21H27F3N4O3/c22-21(23,24)16-9-14(3-6-17(16)27-7-8-31-12-19(27)29)26-20(30)18(10-25)28(15-4-5-15)11-13-1-2-13/h3,6,9,13,15,18H,1-2,4-5,7-8,10-12,25H2,(H,26,30)/t18-/m0/s1. The Morgan fingerprint density at radius 3 is 2.61 bits per heavy atom. The van der Waals surface area contributed by atoms with Crippen molar-refractivity contribution in [3.05, 3.63) is 23.8 Å². The van der Waals surface area contributed by atoms with Crippen LogP contribution in [0.25, 0.3) is 0 Å². The zero-order chi connectivity index (χ0) is 22.2. The van der Waals surface area contributed by atoms with Crippen molar-refractivity contribution >= 4 is 23.2 Å². The number of amides is 2. The first kappa shape index (κ1) is 22.0. The summed E-state index contributed by atoms with van der Waals surface area (Å²) in [6.45, 7) is 0.845. The summed E-state index contributed by atoms with van der Waals surface area (Å²) in [5, 5.41) is 2.61. The molecule has 1 aliphatic heterocycles. The molecule has 4 rings (SSSR count). The predicted molar refractivity (Wildman–Crippen MR) is 109 cm³/mol. The molecule has 3 aliphatic rings. The molecule has 10 heteroatoms. The fourth-order valence-electron chi connectivity index (χ4n) is 4.00. The second-order valence-electron chi connectivity index (χ2n) is 8.44. The van der Waals surface area contributed by atoms with E-state index in [0.29, 0.717) is 12.0 Å². The van der Waals surface area contributed by atoms with E-state index in [1.54, 1.807) is 0 Å². The van der Waals surface area contributed by atoms with Crippen molar-refractivity contribution in [3.8, 4) is 0 Å². The first-order chi connectivity index (χ1) is 14.8. The molecule has 1 aromatic rings. The Balaban J connectivity index is 1.54. The second kappa shape index (κ2) is 8.76. The van der Waals surface area contributed by atoms with E-state index in [-0.39, 0.29) is 37.7 Å². The van der Waals surface area contributed by atoms with Crippen LogP contribution in [0.5, 0.6) is 0 Å². The minimum Gasteiger partial charge on any atom is -0.370 e. The van der Waals surface area contributed by atoms with E-state index in [9.17, 15) is 22.8 Å². The van der Waals surface area contributed by atoms with Crippen LogP contribution >= 0.6 is 0 Å². The monoisotopic (exact) mass is 440 g/mol. The maximum atomic E-state index is 13.8. The number of hydrogen-bond acceptors (Lipinski definition) is 5. The smallest absolute Gasteiger partial charge is 0.370 e. The number of nitrogens with two attached hydrogens (primary N) is 1. The van der Waals surface area contributed by atoms with Gasteiger partial charge in [-0.25, -0.2) is 0 Å². The molecule has 2 saturated carbocycles. The molecule has 1 aromatic carbocycles. The summed E-state index contributed by atoms with van der Waals surface area (Å²) in [6, 6.07) is 3.23. The molecule has 2 aliphatic carbocycles. The molecule has 1 atom stereocenters. The number of halogens is 3. The Morgan fingerprint density at radius 1 is 1.29 bits per heavy atom. The van der Waals surface area contributed by atoms with Gasteiger partial charge in [-0.15, -0.1) is 0 Å². The average Bonchev–Trinajstić information content (AvgIpc) is 3.61. The number of ether oxygens (including phenoxy) is 1. The number of carbonyl (C=O) groups is 2. The molecule has 1 heterocycles. The third-order valence-electron chi connectivity index (χ3n) is 5.95. The van der Waals surface area contributed by atoms with Gasteiger partial charge in [0.15, 0.2) is 0 Å². The van der Waals surface area contributed by atoms with Crippen molar-refractivity contribution in [1.29, 1.82) is 0 Å². The number of alkyl halides is 3. The molecule has 31 heavy (non-hydrogen) atoms. The fraction of sp³-hybridized carbons (Fsp3) is 0.619. The summed E-state index contributed by atoms with van der Waals surface area (Å²) in [7, 11) is 0. The molecule has 0 spiro atoms. The molecular formula is C21H27F3N4O3. The lowest BCUT2D eigenvalue weighted by atomic mass is 10.1. The third kappa shape index (κ3) is 5.19. The van der Waals surface area contributed by atoms with Crippen LogP contribution in [0.4, 0.5) is 24.5 Å². The summed E-state index contributed by atoms with van der Waals surface area (Å²) in [5.74, 6) is -0.361. The van der Waals surface area contributed by atoms with Gasteiger partial charge in [-0.05, 0) is 49.8 Å². The maximum absolute atomic E-state index is 13.8. The number of morpholine rings is 1. The lowest BCUT2D eigenvalue weighted by Gasteiger charge is -2.31. The zero-order valence-corrected chi connectivity index (χ0v) is 17.2. The third-order valence-corrected chi connectivity index (χ3v) is 5.95. The highest BCUT2D eigenvalue weighted by atomic mass is 19.4. The van der Waals surface area contributed by atoms with Crippen LogP contribution in [0.1, 0.15) is 31.2 Å². The summed E-state index contributed by atoms with van der Waals surface area (Å²) in [4.78, 5) is 28.2. The van der Waals surface area contributed by atoms with Crippen molar-refractivity contribution in [2.24, 2.45) is 11.7 Å². The molecule has 3 N–H and O–H groups in total. The predicted octanol–water partition coefficient (Wildman–Crippen LogP) is 2.21. The van der Waals surface area contributed by atoms with E-state index in [0.717, 1.165) is 43.2 Å². The van der Waals surface area contributed by atoms with Gasteiger partial charge in [-0.2, -0.15) is 13.2 Å². The lowest BCUT2D eigenvalue weighted by Crippen LogP contribution is -2.50. The van der Waals surface area contributed by atoms with Gasteiger partial charge in [-0.1, -0.05) is 0 Å². The van der Waals surface area contributed by atoms with E-state index in [4.69, 9.17) is 10.5 Å². The number of anilines is 2. The van der Waals surface area contributed by atoms with Crippen LogP contribution in [-0.4, -0.2) is 61.6 Å². The largest absolute Gasteiger partial charge is 0.418 e. The summed E-state index contributed by atoms with van der Waals surface area (Å²) in [6.07, 6.45) is -0.389. The van der Waals surface area contributed by atoms with E-state index in [2.05, 4.69) is 10.2 Å². The molecule has 0 aromatic heterocycles. The van der Waals surface area contributed by atoms with Crippen LogP contribution in [0.2, 0.25) is 0 Å². The van der Waals surface area contributed by atoms with E-state index >= 15 is 0 Å². The summed E-state index contributed by atoms with van der Waals surface area (Å²) < 4.78 is 46.3. The fourth-order valence-corrected chi connectivity index (χ4v) is 4.00. The quantitative estimate of drug-likeness (QED) is 0.647. The highest BCUT2D eigenvalue weighted by Crippen LogP contribution is 2.39. The second-order valence-corrected chi connectivity index (χ2v) is 8.44. The van der Waals surface area contributed by atoms with E-state index in [1.807, 2.05) is 0 Å². The van der Waals surface area contributed by atoms with Gasteiger partial charge in [0.1, 0.15) is 12.6 Å². The molecule has 2 amide bonds. The van der Waals surface area contributed by atoms with Crippen molar-refractivity contribution in [2.45, 2.75) is 43.9 Å². The number of hydrogen-bond donors (Lipinski definition) is 2. The maximum Gasteiger partial charge on any atom is 0.418 e. The van der Waals surface area contributed by atoms with Gasteiger partial charge in [0.05, 0.1) is 17.9 Å². The number of nitrogens with zero attached hydrogens (tertiary/aromatic N) is 2. The van der Waals surface area contributed by atoms with Crippen LogP contribution in [-0.2, 0) is 20.5 Å². The first-order valence-electron chi connectivity index (χ1n) is 10.6. The highest BCUT2D eigenvalue weighted by Gasteiger charge is 2.40. The molecular weight excluding hydrogens is 413 g/mol. The Kier molecular flexibility index (Phi) is 6.23. The van der Waals surface area contributed by atoms with Crippen LogP contribution in [0, 0.1) is 5.92 Å².